The maximum atomic E-state index is 13.4. The lowest BCUT2D eigenvalue weighted by Crippen LogP contribution is -2.07. The minimum absolute atomic E-state index is 0.0604. The van der Waals surface area contributed by atoms with E-state index in [1.54, 1.807) is 0 Å². The molecule has 1 aromatic carbocycles. The zero-order chi connectivity index (χ0) is 11.3. The molecule has 0 amide bonds. The number of benzene rings is 1. The summed E-state index contributed by atoms with van der Waals surface area (Å²) in [7, 11) is 0. The van der Waals surface area contributed by atoms with Gasteiger partial charge in [0.25, 0.3) is 0 Å². The van der Waals surface area contributed by atoms with Gasteiger partial charge in [-0.25, -0.2) is 8.78 Å². The molecule has 1 unspecified atom stereocenters. The largest absolute Gasteiger partial charge is 0.330 e. The molecular weight excluding hydrogens is 196 g/mol. The first-order valence-corrected chi connectivity index (χ1v) is 5.34. The Balaban J connectivity index is 2.90. The van der Waals surface area contributed by atoms with Gasteiger partial charge in [0.05, 0.1) is 0 Å². The molecule has 1 aromatic rings. The summed E-state index contributed by atoms with van der Waals surface area (Å²) >= 11 is 0. The van der Waals surface area contributed by atoms with Gasteiger partial charge in [-0.3, -0.25) is 0 Å². The van der Waals surface area contributed by atoms with E-state index in [0.717, 1.165) is 19.3 Å². The van der Waals surface area contributed by atoms with E-state index in [2.05, 4.69) is 0 Å². The zero-order valence-electron chi connectivity index (χ0n) is 8.97. The molecule has 0 aliphatic heterocycles. The van der Waals surface area contributed by atoms with Gasteiger partial charge in [-0.05, 0) is 43.9 Å². The van der Waals surface area contributed by atoms with Gasteiger partial charge in [0.15, 0.2) is 0 Å². The van der Waals surface area contributed by atoms with E-state index in [9.17, 15) is 8.78 Å². The summed E-state index contributed by atoms with van der Waals surface area (Å²) in [6, 6.07) is 4.01. The normalized spacial score (nSPS) is 12.8. The van der Waals surface area contributed by atoms with E-state index in [1.807, 2.05) is 6.92 Å². The van der Waals surface area contributed by atoms with Gasteiger partial charge >= 0.3 is 0 Å². The van der Waals surface area contributed by atoms with Crippen LogP contribution in [0.3, 0.4) is 0 Å². The van der Waals surface area contributed by atoms with Crippen LogP contribution < -0.4 is 5.73 Å². The lowest BCUT2D eigenvalue weighted by atomic mass is 9.91. The molecule has 0 aromatic heterocycles. The van der Waals surface area contributed by atoms with Crippen LogP contribution in [0.15, 0.2) is 18.2 Å². The van der Waals surface area contributed by atoms with E-state index in [-0.39, 0.29) is 11.5 Å². The SMILES string of the molecule is CCC(CCCN)c1c(F)cccc1F. The fraction of sp³-hybridized carbons (Fsp3) is 0.500. The molecule has 0 saturated carbocycles. The van der Waals surface area contributed by atoms with Crippen molar-refractivity contribution in [3.63, 3.8) is 0 Å². The molecule has 0 spiro atoms. The average molecular weight is 213 g/mol. The van der Waals surface area contributed by atoms with E-state index in [1.165, 1.54) is 18.2 Å². The number of rotatable bonds is 5. The van der Waals surface area contributed by atoms with Crippen molar-refractivity contribution in [1.29, 1.82) is 0 Å². The van der Waals surface area contributed by atoms with E-state index < -0.39 is 11.6 Å². The quantitative estimate of drug-likeness (QED) is 0.798. The molecule has 1 rings (SSSR count). The Morgan fingerprint density at radius 3 is 2.33 bits per heavy atom. The number of hydrogen-bond donors (Lipinski definition) is 1. The van der Waals surface area contributed by atoms with Crippen LogP contribution in [0.25, 0.3) is 0 Å². The summed E-state index contributed by atoms with van der Waals surface area (Å²) in [6.45, 7) is 2.50. The molecule has 1 nitrogen and oxygen atoms in total. The fourth-order valence-corrected chi connectivity index (χ4v) is 1.82. The Morgan fingerprint density at radius 2 is 1.87 bits per heavy atom. The van der Waals surface area contributed by atoms with Crippen molar-refractivity contribution < 1.29 is 8.78 Å². The van der Waals surface area contributed by atoms with Crippen molar-refractivity contribution in [2.45, 2.75) is 32.1 Å². The summed E-state index contributed by atoms with van der Waals surface area (Å²) < 4.78 is 26.9. The highest BCUT2D eigenvalue weighted by atomic mass is 19.1. The van der Waals surface area contributed by atoms with Crippen LogP contribution in [0, 0.1) is 11.6 Å². The number of nitrogens with two attached hydrogens (primary N) is 1. The Labute approximate surface area is 89.3 Å². The molecule has 0 saturated heterocycles. The van der Waals surface area contributed by atoms with Crippen molar-refractivity contribution in [2.75, 3.05) is 6.54 Å². The second kappa shape index (κ2) is 5.81. The molecular formula is C12H17F2N. The molecule has 0 aliphatic carbocycles. The first kappa shape index (κ1) is 12.1. The topological polar surface area (TPSA) is 26.0 Å². The second-order valence-electron chi connectivity index (χ2n) is 3.67. The molecule has 3 heteroatoms. The van der Waals surface area contributed by atoms with E-state index >= 15 is 0 Å². The highest BCUT2D eigenvalue weighted by molar-refractivity contribution is 5.23. The van der Waals surface area contributed by atoms with Gasteiger partial charge in [0.2, 0.25) is 0 Å². The first-order valence-electron chi connectivity index (χ1n) is 5.34. The maximum Gasteiger partial charge on any atom is 0.129 e. The van der Waals surface area contributed by atoms with Gasteiger partial charge in [-0.15, -0.1) is 0 Å². The molecule has 0 heterocycles. The summed E-state index contributed by atoms with van der Waals surface area (Å²) in [4.78, 5) is 0. The standard InChI is InChI=1S/C12H17F2N/c1-2-9(5-4-8-15)12-10(13)6-3-7-11(12)14/h3,6-7,9H,2,4-5,8,15H2,1H3. The van der Waals surface area contributed by atoms with Gasteiger partial charge in [0.1, 0.15) is 11.6 Å². The lowest BCUT2D eigenvalue weighted by Gasteiger charge is -2.16. The first-order chi connectivity index (χ1) is 7.20. The number of hydrogen-bond acceptors (Lipinski definition) is 1. The zero-order valence-corrected chi connectivity index (χ0v) is 8.97. The maximum absolute atomic E-state index is 13.4. The fourth-order valence-electron chi connectivity index (χ4n) is 1.82. The Hall–Kier alpha value is -0.960. The van der Waals surface area contributed by atoms with Crippen LogP contribution >= 0.6 is 0 Å². The third kappa shape index (κ3) is 2.99. The highest BCUT2D eigenvalue weighted by Gasteiger charge is 2.17. The lowest BCUT2D eigenvalue weighted by molar-refractivity contribution is 0.491. The van der Waals surface area contributed by atoms with Gasteiger partial charge in [-0.1, -0.05) is 13.0 Å². The minimum Gasteiger partial charge on any atom is -0.330 e. The molecule has 15 heavy (non-hydrogen) atoms. The van der Waals surface area contributed by atoms with Gasteiger partial charge in [-0.2, -0.15) is 0 Å². The van der Waals surface area contributed by atoms with Crippen LogP contribution in [0.5, 0.6) is 0 Å². The molecule has 0 fully saturated rings. The van der Waals surface area contributed by atoms with Crippen molar-refractivity contribution in [3.8, 4) is 0 Å². The predicted molar refractivity (Wildman–Crippen MR) is 57.7 cm³/mol. The van der Waals surface area contributed by atoms with Crippen LogP contribution in [0.2, 0.25) is 0 Å². The Kier molecular flexibility index (Phi) is 4.69. The summed E-state index contributed by atoms with van der Waals surface area (Å²) in [5.74, 6) is -0.951. The van der Waals surface area contributed by atoms with Crippen LogP contribution in [-0.4, -0.2) is 6.54 Å². The van der Waals surface area contributed by atoms with E-state index in [0.29, 0.717) is 6.54 Å². The van der Waals surface area contributed by atoms with Crippen LogP contribution in [-0.2, 0) is 0 Å². The monoisotopic (exact) mass is 213 g/mol. The summed E-state index contributed by atoms with van der Waals surface area (Å²) in [5.41, 5.74) is 5.61. The average Bonchev–Trinajstić information content (AvgIpc) is 2.22. The third-order valence-corrected chi connectivity index (χ3v) is 2.66. The molecule has 0 aliphatic rings. The molecule has 0 bridgehead atoms. The van der Waals surface area contributed by atoms with Crippen LogP contribution in [0.1, 0.15) is 37.7 Å². The van der Waals surface area contributed by atoms with Crippen molar-refractivity contribution in [2.24, 2.45) is 5.73 Å². The van der Waals surface area contributed by atoms with Crippen molar-refractivity contribution >= 4 is 0 Å². The molecule has 84 valence electrons. The molecule has 0 radical (unpaired) electrons. The highest BCUT2D eigenvalue weighted by Crippen LogP contribution is 2.28. The van der Waals surface area contributed by atoms with Gasteiger partial charge < -0.3 is 5.73 Å². The summed E-state index contributed by atoms with van der Waals surface area (Å²) in [5, 5.41) is 0. The van der Waals surface area contributed by atoms with Crippen molar-refractivity contribution in [1.82, 2.24) is 0 Å². The van der Waals surface area contributed by atoms with E-state index in [4.69, 9.17) is 5.73 Å². The van der Waals surface area contributed by atoms with Crippen LogP contribution in [0.4, 0.5) is 8.78 Å². The predicted octanol–water partition coefficient (Wildman–Crippen LogP) is 3.20. The smallest absolute Gasteiger partial charge is 0.129 e. The Morgan fingerprint density at radius 1 is 1.27 bits per heavy atom. The molecule has 1 atom stereocenters. The molecule has 2 N–H and O–H groups in total. The second-order valence-corrected chi connectivity index (χ2v) is 3.67. The van der Waals surface area contributed by atoms with Crippen molar-refractivity contribution in [3.05, 3.63) is 35.4 Å². The van der Waals surface area contributed by atoms with Gasteiger partial charge in [0, 0.05) is 5.56 Å². The minimum atomic E-state index is -0.445. The summed E-state index contributed by atoms with van der Waals surface area (Å²) in [6.07, 6.45) is 2.27. The third-order valence-electron chi connectivity index (χ3n) is 2.66. The number of halogens is 2. The Bertz CT molecular complexity index is 292.